The van der Waals surface area contributed by atoms with Gasteiger partial charge in [-0.2, -0.15) is 0 Å². The summed E-state index contributed by atoms with van der Waals surface area (Å²) in [7, 11) is 0. The van der Waals surface area contributed by atoms with Crippen LogP contribution in [0.4, 0.5) is 0 Å². The minimum Gasteiger partial charge on any atom is -0.394 e. The molecule has 3 saturated heterocycles. The van der Waals surface area contributed by atoms with Crippen LogP contribution < -0.4 is 0 Å². The fourth-order valence-electron chi connectivity index (χ4n) is 7.14. The lowest BCUT2D eigenvalue weighted by Crippen LogP contribution is -2.59. The number of aliphatic hydroxyl groups excluding tert-OH is 1. The molecule has 224 valence electrons. The number of hydrogen-bond acceptors (Lipinski definition) is 5. The Balaban J connectivity index is 1.81. The zero-order valence-electron chi connectivity index (χ0n) is 24.5. The number of carbonyl (C=O) groups excluding carboxylic acids is 3. The van der Waals surface area contributed by atoms with Crippen molar-refractivity contribution in [3.63, 3.8) is 0 Å². The van der Waals surface area contributed by atoms with Gasteiger partial charge in [0.1, 0.15) is 11.6 Å². The zero-order chi connectivity index (χ0) is 29.9. The highest BCUT2D eigenvalue weighted by molar-refractivity contribution is 9.09. The first-order valence-corrected chi connectivity index (χ1v) is 15.6. The molecule has 41 heavy (non-hydrogen) atoms. The highest BCUT2D eigenvalue weighted by Crippen LogP contribution is 2.61. The summed E-state index contributed by atoms with van der Waals surface area (Å²) < 4.78 is 6.71. The molecule has 2 bridgehead atoms. The van der Waals surface area contributed by atoms with E-state index < -0.39 is 35.6 Å². The van der Waals surface area contributed by atoms with Crippen LogP contribution in [-0.4, -0.2) is 92.4 Å². The van der Waals surface area contributed by atoms with Crippen molar-refractivity contribution in [1.82, 2.24) is 14.7 Å². The fourth-order valence-corrected chi connectivity index (χ4v) is 8.08. The predicted molar refractivity (Wildman–Crippen MR) is 162 cm³/mol. The van der Waals surface area contributed by atoms with E-state index in [2.05, 4.69) is 29.1 Å². The van der Waals surface area contributed by atoms with Gasteiger partial charge in [-0.05, 0) is 30.7 Å². The second-order valence-corrected chi connectivity index (χ2v) is 13.1. The predicted octanol–water partition coefficient (Wildman–Crippen LogP) is 3.78. The largest absolute Gasteiger partial charge is 0.394 e. The van der Waals surface area contributed by atoms with Crippen molar-refractivity contribution >= 4 is 33.7 Å². The molecule has 3 fully saturated rings. The molecule has 0 aliphatic carbocycles. The van der Waals surface area contributed by atoms with Crippen LogP contribution in [0.1, 0.15) is 45.6 Å². The highest BCUT2D eigenvalue weighted by Gasteiger charge is 2.77. The van der Waals surface area contributed by atoms with Crippen LogP contribution in [0, 0.1) is 17.8 Å². The van der Waals surface area contributed by atoms with Crippen LogP contribution in [0.5, 0.6) is 0 Å². The second-order valence-electron chi connectivity index (χ2n) is 11.9. The van der Waals surface area contributed by atoms with Gasteiger partial charge in [0.25, 0.3) is 0 Å². The Morgan fingerprint density at radius 3 is 2.41 bits per heavy atom. The summed E-state index contributed by atoms with van der Waals surface area (Å²) in [6.45, 7) is 15.0. The molecule has 1 N–H and O–H groups in total. The number of nitrogens with zero attached hydrogens (tertiary/aromatic N) is 3. The van der Waals surface area contributed by atoms with Gasteiger partial charge in [0.05, 0.1) is 30.6 Å². The number of amides is 3. The van der Waals surface area contributed by atoms with Crippen molar-refractivity contribution < 1.29 is 24.2 Å². The van der Waals surface area contributed by atoms with Gasteiger partial charge in [0.2, 0.25) is 17.7 Å². The van der Waals surface area contributed by atoms with E-state index in [4.69, 9.17) is 4.74 Å². The summed E-state index contributed by atoms with van der Waals surface area (Å²) in [5, 5.41) is 10.5. The second kappa shape index (κ2) is 13.2. The normalized spacial score (nSPS) is 29.0. The molecule has 1 aromatic carbocycles. The van der Waals surface area contributed by atoms with Crippen molar-refractivity contribution in [2.75, 3.05) is 26.2 Å². The maximum Gasteiger partial charge on any atom is 0.249 e. The van der Waals surface area contributed by atoms with Crippen LogP contribution in [-0.2, 0) is 25.7 Å². The van der Waals surface area contributed by atoms with Crippen LogP contribution >= 0.6 is 15.9 Å². The first-order chi connectivity index (χ1) is 19.6. The summed E-state index contributed by atoms with van der Waals surface area (Å²) in [6.07, 6.45) is 4.56. The van der Waals surface area contributed by atoms with Gasteiger partial charge in [0, 0.05) is 31.0 Å². The fraction of sp³-hybridized carbons (Fsp3) is 0.594. The average Bonchev–Trinajstić information content (AvgIpc) is 3.54. The maximum atomic E-state index is 14.6. The first kappa shape index (κ1) is 31.4. The molecule has 0 saturated carbocycles. The first-order valence-electron chi connectivity index (χ1n) is 14.7. The molecule has 0 radical (unpaired) electrons. The molecule has 3 aliphatic rings. The van der Waals surface area contributed by atoms with Crippen LogP contribution in [0.3, 0.4) is 0 Å². The van der Waals surface area contributed by atoms with Crippen molar-refractivity contribution in [3.8, 4) is 0 Å². The maximum absolute atomic E-state index is 14.6. The number of benzene rings is 1. The molecule has 7 atom stereocenters. The van der Waals surface area contributed by atoms with Gasteiger partial charge in [-0.25, -0.2) is 0 Å². The van der Waals surface area contributed by atoms with Gasteiger partial charge in [0.15, 0.2) is 0 Å². The summed E-state index contributed by atoms with van der Waals surface area (Å²) >= 11 is 3.76. The quantitative estimate of drug-likeness (QED) is 0.250. The van der Waals surface area contributed by atoms with Gasteiger partial charge < -0.3 is 24.5 Å². The molecule has 3 unspecified atom stereocenters. The lowest BCUT2D eigenvalue weighted by Gasteiger charge is -2.40. The summed E-state index contributed by atoms with van der Waals surface area (Å²) in [4.78, 5) is 48.0. The molecular weight excluding hydrogens is 586 g/mol. The third-order valence-electron chi connectivity index (χ3n) is 8.63. The lowest BCUT2D eigenvalue weighted by atomic mass is 9.70. The van der Waals surface area contributed by atoms with Crippen molar-refractivity contribution in [3.05, 3.63) is 61.2 Å². The van der Waals surface area contributed by atoms with E-state index in [9.17, 15) is 19.5 Å². The average molecular weight is 631 g/mol. The van der Waals surface area contributed by atoms with Crippen LogP contribution in [0.25, 0.3) is 0 Å². The molecule has 3 aliphatic heterocycles. The Morgan fingerprint density at radius 2 is 1.83 bits per heavy atom. The smallest absolute Gasteiger partial charge is 0.249 e. The molecule has 3 heterocycles. The molecular formula is C32H44BrN3O5. The Labute approximate surface area is 252 Å². The molecule has 1 aromatic rings. The number of hydrogen-bond donors (Lipinski definition) is 1. The van der Waals surface area contributed by atoms with E-state index >= 15 is 0 Å². The number of halogens is 1. The Morgan fingerprint density at radius 1 is 1.17 bits per heavy atom. The van der Waals surface area contributed by atoms with Gasteiger partial charge in [-0.15, -0.1) is 13.2 Å². The molecule has 1 spiro atoms. The third kappa shape index (κ3) is 5.77. The monoisotopic (exact) mass is 629 g/mol. The Kier molecular flexibility index (Phi) is 10.1. The number of rotatable bonds is 14. The molecule has 0 aromatic heterocycles. The summed E-state index contributed by atoms with van der Waals surface area (Å²) in [5.41, 5.74) is -0.226. The number of fused-ring (bicyclic) bond motifs is 1. The molecule has 8 nitrogen and oxygen atoms in total. The Bertz CT molecular complexity index is 1130. The van der Waals surface area contributed by atoms with E-state index in [1.54, 1.807) is 26.9 Å². The van der Waals surface area contributed by atoms with E-state index in [1.165, 1.54) is 0 Å². The van der Waals surface area contributed by atoms with Crippen molar-refractivity contribution in [1.29, 1.82) is 0 Å². The van der Waals surface area contributed by atoms with Crippen molar-refractivity contribution in [2.24, 2.45) is 17.8 Å². The highest BCUT2D eigenvalue weighted by atomic mass is 79.9. The SMILES string of the molecule is C=CCN(Cc1ccccc1)C(=O)C1N([C@@H](CO)CC(C)C)C(=O)[C@@H]2[C@@H](C(=O)N(CC=C)CCC)[C@@H]3OC12CC3Br. The number of alkyl halides is 1. The molecule has 4 rings (SSSR count). The van der Waals surface area contributed by atoms with Gasteiger partial charge >= 0.3 is 0 Å². The van der Waals surface area contributed by atoms with E-state index in [0.717, 1.165) is 12.0 Å². The number of aliphatic hydroxyl groups is 1. The van der Waals surface area contributed by atoms with Gasteiger partial charge in [-0.1, -0.05) is 79.2 Å². The molecule has 3 amide bonds. The topological polar surface area (TPSA) is 90.4 Å². The number of ether oxygens (including phenoxy) is 1. The lowest BCUT2D eigenvalue weighted by molar-refractivity contribution is -0.152. The van der Waals surface area contributed by atoms with E-state index in [0.29, 0.717) is 32.5 Å². The molecule has 9 heteroatoms. The van der Waals surface area contributed by atoms with E-state index in [1.807, 2.05) is 51.1 Å². The van der Waals surface area contributed by atoms with Crippen LogP contribution in [0.15, 0.2) is 55.6 Å². The van der Waals surface area contributed by atoms with E-state index in [-0.39, 0.29) is 41.6 Å². The summed E-state index contributed by atoms with van der Waals surface area (Å²) in [6, 6.07) is 8.14. The summed E-state index contributed by atoms with van der Waals surface area (Å²) in [5.74, 6) is -2.05. The minimum absolute atomic E-state index is 0.147. The van der Waals surface area contributed by atoms with Crippen LogP contribution in [0.2, 0.25) is 0 Å². The minimum atomic E-state index is -1.18. The Hall–Kier alpha value is -2.49. The third-order valence-corrected chi connectivity index (χ3v) is 9.47. The number of likely N-dealkylation sites (tertiary alicyclic amines) is 1. The zero-order valence-corrected chi connectivity index (χ0v) is 26.0. The van der Waals surface area contributed by atoms with Crippen molar-refractivity contribution in [2.45, 2.75) is 75.2 Å². The standard InChI is InChI=1S/C32H44BrN3O5/c1-6-14-34(15-7-2)29(38)25-26-30(39)36(23(20-37)17-21(4)5)28(32(26)18-24(33)27(25)41-32)31(40)35(16-8-3)19-22-12-10-9-11-13-22/h6,8-13,21,23-28,37H,1,3,7,14-20H2,2,4-5H3/t23-,24?,25-,26+,27-,28?,32?/m1/s1. The van der Waals surface area contributed by atoms with Gasteiger partial charge in [-0.3, -0.25) is 14.4 Å². The number of carbonyl (C=O) groups is 3.